The molecule has 2 aromatic rings. The lowest BCUT2D eigenvalue weighted by atomic mass is 10.1. The zero-order valence-corrected chi connectivity index (χ0v) is 13.4. The Morgan fingerprint density at radius 1 is 1.00 bits per heavy atom. The van der Waals surface area contributed by atoms with E-state index in [1.165, 1.54) is 5.56 Å². The van der Waals surface area contributed by atoms with Gasteiger partial charge in [-0.05, 0) is 31.5 Å². The molecule has 1 amide bonds. The molecule has 4 heteroatoms. The normalized spacial score (nSPS) is 10.2. The van der Waals surface area contributed by atoms with Gasteiger partial charge in [0.05, 0.1) is 19.8 Å². The number of nitrogens with one attached hydrogen (secondary N) is 1. The van der Waals surface area contributed by atoms with Crippen molar-refractivity contribution in [3.63, 3.8) is 0 Å². The smallest absolute Gasteiger partial charge is 0.255 e. The first-order chi connectivity index (χ1) is 10.6. The lowest BCUT2D eigenvalue weighted by Gasteiger charge is -2.14. The van der Waals surface area contributed by atoms with Crippen LogP contribution in [0.25, 0.3) is 0 Å². The minimum atomic E-state index is -0.164. The Balaban J connectivity index is 2.15. The molecule has 0 atom stereocenters. The van der Waals surface area contributed by atoms with E-state index in [9.17, 15) is 4.79 Å². The predicted octanol–water partition coefficient (Wildman–Crippen LogP) is 3.25. The lowest BCUT2D eigenvalue weighted by molar-refractivity contribution is 0.0947. The third-order valence-corrected chi connectivity index (χ3v) is 3.60. The Morgan fingerprint density at radius 3 is 2.27 bits per heavy atom. The van der Waals surface area contributed by atoms with Gasteiger partial charge in [0, 0.05) is 12.1 Å². The van der Waals surface area contributed by atoms with Crippen molar-refractivity contribution in [2.75, 3.05) is 14.2 Å². The van der Waals surface area contributed by atoms with Crippen LogP contribution in [0.4, 0.5) is 0 Å². The third kappa shape index (κ3) is 3.39. The molecule has 116 valence electrons. The molecule has 0 aliphatic heterocycles. The maximum absolute atomic E-state index is 12.4. The summed E-state index contributed by atoms with van der Waals surface area (Å²) < 4.78 is 10.6. The molecule has 0 aromatic heterocycles. The number of amides is 1. The molecule has 1 N–H and O–H groups in total. The van der Waals surface area contributed by atoms with E-state index in [1.807, 2.05) is 38.1 Å². The summed E-state index contributed by atoms with van der Waals surface area (Å²) in [6.45, 7) is 4.38. The highest BCUT2D eigenvalue weighted by atomic mass is 16.5. The number of carbonyl (C=O) groups is 1. The Morgan fingerprint density at radius 2 is 1.68 bits per heavy atom. The molecule has 0 aliphatic carbocycles. The van der Waals surface area contributed by atoms with E-state index < -0.39 is 0 Å². The molecule has 4 nitrogen and oxygen atoms in total. The average molecular weight is 299 g/mol. The number of hydrogen-bond acceptors (Lipinski definition) is 3. The largest absolute Gasteiger partial charge is 0.496 e. The highest BCUT2D eigenvalue weighted by Crippen LogP contribution is 2.31. The minimum Gasteiger partial charge on any atom is -0.496 e. The van der Waals surface area contributed by atoms with Gasteiger partial charge in [-0.15, -0.1) is 0 Å². The topological polar surface area (TPSA) is 47.6 Å². The van der Waals surface area contributed by atoms with Crippen molar-refractivity contribution in [3.8, 4) is 11.5 Å². The van der Waals surface area contributed by atoms with Crippen molar-refractivity contribution in [1.29, 1.82) is 0 Å². The van der Waals surface area contributed by atoms with Crippen LogP contribution in [0.3, 0.4) is 0 Å². The van der Waals surface area contributed by atoms with Gasteiger partial charge in [-0.1, -0.05) is 29.8 Å². The van der Waals surface area contributed by atoms with E-state index in [1.54, 1.807) is 26.4 Å². The van der Waals surface area contributed by atoms with Crippen molar-refractivity contribution in [3.05, 3.63) is 58.7 Å². The molecule has 0 aliphatic rings. The number of hydrogen-bond donors (Lipinski definition) is 1. The van der Waals surface area contributed by atoms with E-state index in [4.69, 9.17) is 9.47 Å². The number of carbonyl (C=O) groups excluding carboxylic acids is 1. The first-order valence-corrected chi connectivity index (χ1v) is 7.12. The van der Waals surface area contributed by atoms with Crippen molar-refractivity contribution in [1.82, 2.24) is 5.32 Å². The molecule has 0 bridgehead atoms. The van der Waals surface area contributed by atoms with Gasteiger partial charge in [0.2, 0.25) is 0 Å². The number of benzene rings is 2. The highest BCUT2D eigenvalue weighted by molar-refractivity contribution is 5.97. The number of ether oxygens (including phenoxy) is 2. The first-order valence-electron chi connectivity index (χ1n) is 7.12. The molecular formula is C18H21NO3. The van der Waals surface area contributed by atoms with Crippen LogP contribution in [-0.2, 0) is 6.54 Å². The van der Waals surface area contributed by atoms with Gasteiger partial charge in [-0.25, -0.2) is 0 Å². The van der Waals surface area contributed by atoms with Crippen LogP contribution >= 0.6 is 0 Å². The summed E-state index contributed by atoms with van der Waals surface area (Å²) in [5.74, 6) is 1.08. The average Bonchev–Trinajstić information content (AvgIpc) is 2.53. The maximum Gasteiger partial charge on any atom is 0.255 e. The van der Waals surface area contributed by atoms with Gasteiger partial charge in [-0.2, -0.15) is 0 Å². The van der Waals surface area contributed by atoms with Gasteiger partial charge in [-0.3, -0.25) is 4.79 Å². The Hall–Kier alpha value is -2.49. The lowest BCUT2D eigenvalue weighted by Crippen LogP contribution is -2.23. The molecule has 0 spiro atoms. The molecule has 2 rings (SSSR count). The summed E-state index contributed by atoms with van der Waals surface area (Å²) in [7, 11) is 3.15. The van der Waals surface area contributed by atoms with E-state index >= 15 is 0 Å². The molecule has 2 aromatic carbocycles. The molecule has 22 heavy (non-hydrogen) atoms. The van der Waals surface area contributed by atoms with E-state index in [0.29, 0.717) is 23.6 Å². The van der Waals surface area contributed by atoms with Gasteiger partial charge < -0.3 is 14.8 Å². The van der Waals surface area contributed by atoms with Crippen LogP contribution in [0.5, 0.6) is 11.5 Å². The fourth-order valence-electron chi connectivity index (χ4n) is 2.32. The molecular weight excluding hydrogens is 278 g/mol. The van der Waals surface area contributed by atoms with Gasteiger partial charge in [0.15, 0.2) is 0 Å². The second kappa shape index (κ2) is 6.98. The number of aryl methyl sites for hydroxylation is 1. The van der Waals surface area contributed by atoms with Gasteiger partial charge in [0.25, 0.3) is 5.91 Å². The van der Waals surface area contributed by atoms with Crippen LogP contribution in [-0.4, -0.2) is 20.1 Å². The van der Waals surface area contributed by atoms with Gasteiger partial charge >= 0.3 is 0 Å². The molecule has 0 saturated heterocycles. The molecule has 0 unspecified atom stereocenters. The quantitative estimate of drug-likeness (QED) is 0.922. The molecule has 0 radical (unpaired) electrons. The van der Waals surface area contributed by atoms with E-state index in [-0.39, 0.29) is 5.91 Å². The van der Waals surface area contributed by atoms with Crippen LogP contribution in [0.1, 0.15) is 27.0 Å². The summed E-state index contributed by atoms with van der Waals surface area (Å²) in [4.78, 5) is 12.4. The van der Waals surface area contributed by atoms with Crippen LogP contribution in [0.15, 0.2) is 36.4 Å². The number of methoxy groups -OCH3 is 2. The number of rotatable bonds is 5. The van der Waals surface area contributed by atoms with E-state index in [0.717, 1.165) is 11.1 Å². The SMILES string of the molecule is COc1ccc(C(=O)NCc2ccc(C)cc2)c(OC)c1C. The summed E-state index contributed by atoms with van der Waals surface area (Å²) in [6, 6.07) is 11.6. The summed E-state index contributed by atoms with van der Waals surface area (Å²) >= 11 is 0. The van der Waals surface area contributed by atoms with Crippen molar-refractivity contribution in [2.24, 2.45) is 0 Å². The van der Waals surface area contributed by atoms with Crippen molar-refractivity contribution in [2.45, 2.75) is 20.4 Å². The van der Waals surface area contributed by atoms with Crippen molar-refractivity contribution < 1.29 is 14.3 Å². The van der Waals surface area contributed by atoms with Crippen LogP contribution in [0, 0.1) is 13.8 Å². The van der Waals surface area contributed by atoms with Crippen LogP contribution < -0.4 is 14.8 Å². The summed E-state index contributed by atoms with van der Waals surface area (Å²) in [5.41, 5.74) is 3.58. The fraction of sp³-hybridized carbons (Fsp3) is 0.278. The first kappa shape index (κ1) is 15.9. The molecule has 0 fully saturated rings. The highest BCUT2D eigenvalue weighted by Gasteiger charge is 2.16. The van der Waals surface area contributed by atoms with E-state index in [2.05, 4.69) is 5.32 Å². The maximum atomic E-state index is 12.4. The third-order valence-electron chi connectivity index (χ3n) is 3.60. The molecule has 0 heterocycles. The summed E-state index contributed by atoms with van der Waals surface area (Å²) in [6.07, 6.45) is 0. The van der Waals surface area contributed by atoms with Crippen LogP contribution in [0.2, 0.25) is 0 Å². The van der Waals surface area contributed by atoms with Gasteiger partial charge in [0.1, 0.15) is 11.5 Å². The Kier molecular flexibility index (Phi) is 5.04. The predicted molar refractivity (Wildman–Crippen MR) is 86.6 cm³/mol. The Bertz CT molecular complexity index is 663. The van der Waals surface area contributed by atoms with Crippen molar-refractivity contribution >= 4 is 5.91 Å². The summed E-state index contributed by atoms with van der Waals surface area (Å²) in [5, 5.41) is 2.91. The monoisotopic (exact) mass is 299 g/mol. The zero-order valence-electron chi connectivity index (χ0n) is 13.4. The second-order valence-electron chi connectivity index (χ2n) is 5.14. The standard InChI is InChI=1S/C18H21NO3/c1-12-5-7-14(8-6-12)11-19-18(20)15-9-10-16(21-3)13(2)17(15)22-4/h5-10H,11H2,1-4H3,(H,19,20). The molecule has 0 saturated carbocycles. The fourth-order valence-corrected chi connectivity index (χ4v) is 2.32. The minimum absolute atomic E-state index is 0.164. The zero-order chi connectivity index (χ0) is 16.1. The second-order valence-corrected chi connectivity index (χ2v) is 5.14. The Labute approximate surface area is 131 Å².